The lowest BCUT2D eigenvalue weighted by Crippen LogP contribution is -1.98. The number of benzene rings is 1. The van der Waals surface area contributed by atoms with Crippen molar-refractivity contribution in [2.24, 2.45) is 0 Å². The van der Waals surface area contributed by atoms with Crippen molar-refractivity contribution in [1.29, 1.82) is 0 Å². The van der Waals surface area contributed by atoms with Crippen LogP contribution in [-0.4, -0.2) is 29.4 Å². The highest BCUT2D eigenvalue weighted by atomic mass is 15.3. The van der Waals surface area contributed by atoms with Gasteiger partial charge in [0, 0.05) is 17.8 Å². The van der Waals surface area contributed by atoms with E-state index < -0.39 is 0 Å². The van der Waals surface area contributed by atoms with Crippen LogP contribution in [0.25, 0.3) is 33.6 Å². The molecule has 0 amide bonds. The Morgan fingerprint density at radius 1 is 1.04 bits per heavy atom. The van der Waals surface area contributed by atoms with Gasteiger partial charge >= 0.3 is 0 Å². The zero-order valence-electron chi connectivity index (χ0n) is 12.1. The van der Waals surface area contributed by atoms with Gasteiger partial charge in [-0.25, -0.2) is 9.67 Å². The summed E-state index contributed by atoms with van der Waals surface area (Å²) in [5, 5.41) is 12.5. The van der Waals surface area contributed by atoms with Gasteiger partial charge in [-0.1, -0.05) is 6.07 Å². The summed E-state index contributed by atoms with van der Waals surface area (Å²) in [6.07, 6.45) is 7.61. The van der Waals surface area contributed by atoms with Crippen molar-refractivity contribution < 1.29 is 0 Å². The predicted molar refractivity (Wildman–Crippen MR) is 87.4 cm³/mol. The molecule has 1 aromatic carbocycles. The first-order valence-electron chi connectivity index (χ1n) is 7.30. The molecule has 0 saturated carbocycles. The Morgan fingerprint density at radius 3 is 3.00 bits per heavy atom. The Balaban J connectivity index is 1.69. The quantitative estimate of drug-likeness (QED) is 0.545. The minimum Gasteiger partial charge on any atom is -0.306 e. The standard InChI is InChI=1S/C17H12N6/c1-2-8-22-11-15(20-17(22)3-1)16-6-7-19-23(16)13-4-5-14-12(9-13)10-18-21-14/h1-11H,(H,18,21). The number of nitrogens with zero attached hydrogens (tertiary/aromatic N) is 5. The zero-order chi connectivity index (χ0) is 15.2. The van der Waals surface area contributed by atoms with E-state index in [9.17, 15) is 0 Å². The molecule has 0 atom stereocenters. The van der Waals surface area contributed by atoms with Crippen molar-refractivity contribution in [2.75, 3.05) is 0 Å². The highest BCUT2D eigenvalue weighted by molar-refractivity contribution is 5.80. The number of fused-ring (bicyclic) bond motifs is 2. The van der Waals surface area contributed by atoms with Gasteiger partial charge in [0.1, 0.15) is 11.3 Å². The first-order chi connectivity index (χ1) is 11.4. The van der Waals surface area contributed by atoms with Crippen LogP contribution in [0, 0.1) is 0 Å². The molecule has 0 unspecified atom stereocenters. The maximum absolute atomic E-state index is 4.68. The monoisotopic (exact) mass is 300 g/mol. The molecule has 4 heterocycles. The molecule has 0 fully saturated rings. The van der Waals surface area contributed by atoms with E-state index in [2.05, 4.69) is 26.3 Å². The Hall–Kier alpha value is -3.41. The molecule has 0 aliphatic rings. The van der Waals surface area contributed by atoms with Gasteiger partial charge in [-0.05, 0) is 36.4 Å². The smallest absolute Gasteiger partial charge is 0.137 e. The number of aromatic amines is 1. The van der Waals surface area contributed by atoms with E-state index in [0.717, 1.165) is 33.6 Å². The van der Waals surface area contributed by atoms with Crippen LogP contribution >= 0.6 is 0 Å². The molecule has 1 N–H and O–H groups in total. The number of nitrogens with one attached hydrogen (secondary N) is 1. The number of H-pyrrole nitrogens is 1. The average Bonchev–Trinajstić information content (AvgIpc) is 3.31. The van der Waals surface area contributed by atoms with Gasteiger partial charge in [-0.2, -0.15) is 10.2 Å². The molecule has 0 saturated heterocycles. The molecule has 0 aliphatic carbocycles. The van der Waals surface area contributed by atoms with Gasteiger partial charge in [0.15, 0.2) is 0 Å². The van der Waals surface area contributed by atoms with E-state index in [1.165, 1.54) is 0 Å². The Bertz CT molecular complexity index is 1080. The fourth-order valence-corrected chi connectivity index (χ4v) is 2.82. The maximum Gasteiger partial charge on any atom is 0.137 e. The lowest BCUT2D eigenvalue weighted by Gasteiger charge is -2.05. The highest BCUT2D eigenvalue weighted by Crippen LogP contribution is 2.24. The Morgan fingerprint density at radius 2 is 2.04 bits per heavy atom. The summed E-state index contributed by atoms with van der Waals surface area (Å²) in [6.45, 7) is 0. The summed E-state index contributed by atoms with van der Waals surface area (Å²) in [5.41, 5.74) is 4.75. The lowest BCUT2D eigenvalue weighted by atomic mass is 10.2. The fourth-order valence-electron chi connectivity index (χ4n) is 2.82. The van der Waals surface area contributed by atoms with Crippen LogP contribution in [0.15, 0.2) is 67.3 Å². The minimum absolute atomic E-state index is 0.890. The van der Waals surface area contributed by atoms with Gasteiger partial charge in [0.2, 0.25) is 0 Å². The zero-order valence-corrected chi connectivity index (χ0v) is 12.1. The largest absolute Gasteiger partial charge is 0.306 e. The fraction of sp³-hybridized carbons (Fsp3) is 0. The van der Waals surface area contributed by atoms with Gasteiger partial charge in [0.25, 0.3) is 0 Å². The number of aromatic nitrogens is 6. The normalized spacial score (nSPS) is 11.5. The molecular weight excluding hydrogens is 288 g/mol. The molecular formula is C17H12N6. The second-order valence-corrected chi connectivity index (χ2v) is 5.36. The summed E-state index contributed by atoms with van der Waals surface area (Å²) in [7, 11) is 0. The van der Waals surface area contributed by atoms with Crippen molar-refractivity contribution in [3.05, 3.63) is 67.3 Å². The van der Waals surface area contributed by atoms with E-state index in [-0.39, 0.29) is 0 Å². The van der Waals surface area contributed by atoms with E-state index in [4.69, 9.17) is 0 Å². The summed E-state index contributed by atoms with van der Waals surface area (Å²) < 4.78 is 3.90. The van der Waals surface area contributed by atoms with Crippen LogP contribution in [0.4, 0.5) is 0 Å². The SMILES string of the molecule is c1ccn2cc(-c3ccnn3-c3ccc4[nH]ncc4c3)nc2c1. The first-order valence-corrected chi connectivity index (χ1v) is 7.30. The van der Waals surface area contributed by atoms with E-state index >= 15 is 0 Å². The van der Waals surface area contributed by atoms with Crippen molar-refractivity contribution in [1.82, 2.24) is 29.4 Å². The second kappa shape index (κ2) is 4.54. The molecule has 6 nitrogen and oxygen atoms in total. The van der Waals surface area contributed by atoms with Gasteiger partial charge in [-0.3, -0.25) is 5.10 Å². The molecule has 23 heavy (non-hydrogen) atoms. The second-order valence-electron chi connectivity index (χ2n) is 5.36. The third kappa shape index (κ3) is 1.85. The van der Waals surface area contributed by atoms with Crippen LogP contribution < -0.4 is 0 Å². The molecule has 5 rings (SSSR count). The number of rotatable bonds is 2. The van der Waals surface area contributed by atoms with Crippen LogP contribution in [0.5, 0.6) is 0 Å². The molecule has 110 valence electrons. The highest BCUT2D eigenvalue weighted by Gasteiger charge is 2.11. The number of pyridine rings is 1. The molecule has 4 aromatic heterocycles. The summed E-state index contributed by atoms with van der Waals surface area (Å²) in [6, 6.07) is 14.0. The Kier molecular flexibility index (Phi) is 2.40. The van der Waals surface area contributed by atoms with Crippen molar-refractivity contribution in [3.8, 4) is 17.1 Å². The van der Waals surface area contributed by atoms with Gasteiger partial charge in [0.05, 0.1) is 29.3 Å². The third-order valence-electron chi connectivity index (χ3n) is 3.94. The average molecular weight is 300 g/mol. The topological polar surface area (TPSA) is 63.8 Å². The predicted octanol–water partition coefficient (Wildman–Crippen LogP) is 3.06. The van der Waals surface area contributed by atoms with Crippen molar-refractivity contribution in [3.63, 3.8) is 0 Å². The number of imidazole rings is 1. The van der Waals surface area contributed by atoms with Crippen LogP contribution in [0.1, 0.15) is 0 Å². The van der Waals surface area contributed by atoms with Crippen LogP contribution in [0.3, 0.4) is 0 Å². The third-order valence-corrected chi connectivity index (χ3v) is 3.94. The summed E-state index contributed by atoms with van der Waals surface area (Å²) >= 11 is 0. The number of hydrogen-bond donors (Lipinski definition) is 1. The molecule has 0 spiro atoms. The maximum atomic E-state index is 4.68. The number of hydrogen-bond acceptors (Lipinski definition) is 3. The van der Waals surface area contributed by atoms with E-state index in [1.807, 2.05) is 64.1 Å². The van der Waals surface area contributed by atoms with Crippen LogP contribution in [0.2, 0.25) is 0 Å². The van der Waals surface area contributed by atoms with Crippen molar-refractivity contribution in [2.45, 2.75) is 0 Å². The lowest BCUT2D eigenvalue weighted by molar-refractivity contribution is 0.887. The minimum atomic E-state index is 0.890. The van der Waals surface area contributed by atoms with Gasteiger partial charge in [-0.15, -0.1) is 0 Å². The molecule has 5 aromatic rings. The molecule has 0 bridgehead atoms. The van der Waals surface area contributed by atoms with Crippen LogP contribution in [-0.2, 0) is 0 Å². The van der Waals surface area contributed by atoms with E-state index in [1.54, 1.807) is 6.20 Å². The molecule has 0 aliphatic heterocycles. The first kappa shape index (κ1) is 12.2. The van der Waals surface area contributed by atoms with E-state index in [0.29, 0.717) is 0 Å². The summed E-state index contributed by atoms with van der Waals surface area (Å²) in [5.74, 6) is 0. The van der Waals surface area contributed by atoms with Gasteiger partial charge < -0.3 is 4.40 Å². The van der Waals surface area contributed by atoms with Crippen molar-refractivity contribution >= 4 is 16.6 Å². The summed E-state index contributed by atoms with van der Waals surface area (Å²) in [4.78, 5) is 4.68. The molecule has 6 heteroatoms. The Labute approximate surface area is 131 Å². The molecule has 0 radical (unpaired) electrons.